The largest absolute Gasteiger partial charge is 0.497 e. The summed E-state index contributed by atoms with van der Waals surface area (Å²) in [5.74, 6) is -0.806. The van der Waals surface area contributed by atoms with Crippen molar-refractivity contribution in [3.63, 3.8) is 0 Å². The second-order valence-corrected chi connectivity index (χ2v) is 30.2. The number of carboxylic acids is 1. The van der Waals surface area contributed by atoms with Crippen molar-refractivity contribution in [2.24, 2.45) is 0 Å². The van der Waals surface area contributed by atoms with Crippen LogP contribution in [-0.2, 0) is 25.4 Å². The van der Waals surface area contributed by atoms with Crippen LogP contribution in [0, 0.1) is 30.3 Å². The average molecular weight is 1980 g/mol. The molecule has 13 N–H and O–H groups in total. The molecule has 0 saturated carbocycles. The number of methoxy groups -OCH3 is 8. The highest BCUT2D eigenvalue weighted by Crippen LogP contribution is 2.35. The van der Waals surface area contributed by atoms with E-state index in [9.17, 15) is 73.5 Å². The molecule has 0 spiro atoms. The Morgan fingerprint density at radius 2 is 0.600 bits per heavy atom. The molecule has 140 heavy (non-hydrogen) atoms. The van der Waals surface area contributed by atoms with Gasteiger partial charge in [-0.15, -0.1) is 0 Å². The maximum Gasteiger partial charge on any atom is 0.488 e. The highest BCUT2D eigenvalue weighted by molar-refractivity contribution is 9.10. The van der Waals surface area contributed by atoms with E-state index in [2.05, 4.69) is 40.8 Å². The molecule has 0 aliphatic rings. The van der Waals surface area contributed by atoms with Gasteiger partial charge in [0.2, 0.25) is 0 Å². The minimum Gasteiger partial charge on any atom is -0.497 e. The second kappa shape index (κ2) is 52.6. The van der Waals surface area contributed by atoms with Gasteiger partial charge in [-0.25, -0.2) is 24.0 Å². The predicted octanol–water partition coefficient (Wildman–Crippen LogP) is 18.2. The Hall–Kier alpha value is -17.9. The van der Waals surface area contributed by atoms with Crippen LogP contribution < -0.4 is 58.0 Å². The number of halogens is 2. The zero-order valence-corrected chi connectivity index (χ0v) is 78.2. The Balaban J connectivity index is 0.000000206. The van der Waals surface area contributed by atoms with Crippen LogP contribution in [0.3, 0.4) is 0 Å². The normalized spacial score (nSPS) is 10.0. The van der Waals surface area contributed by atoms with Crippen LogP contribution in [0.1, 0.15) is 98.8 Å². The number of nitrogens with one attached hydrogen (secondary N) is 2. The lowest BCUT2D eigenvalue weighted by Crippen LogP contribution is -2.29. The highest BCUT2D eigenvalue weighted by atomic mass is 79.9. The van der Waals surface area contributed by atoms with Crippen molar-refractivity contribution < 1.29 is 111 Å². The molecule has 2 amide bonds. The van der Waals surface area contributed by atoms with Crippen LogP contribution in [0.5, 0.6) is 23.0 Å². The summed E-state index contributed by atoms with van der Waals surface area (Å²) in [6.45, 7) is 0. The van der Waals surface area contributed by atoms with E-state index in [1.165, 1.54) is 102 Å². The van der Waals surface area contributed by atoms with Crippen molar-refractivity contribution in [2.75, 3.05) is 90.4 Å². The number of carbonyl (C=O) groups is 9. The van der Waals surface area contributed by atoms with E-state index in [0.717, 1.165) is 43.4 Å². The summed E-state index contributed by atoms with van der Waals surface area (Å²) in [5.41, 5.74) is 35.7. The van der Waals surface area contributed by atoms with Gasteiger partial charge in [0.05, 0.1) is 122 Å². The molecule has 0 aromatic heterocycles. The van der Waals surface area contributed by atoms with Crippen molar-refractivity contribution in [2.45, 2.75) is 6.42 Å². The van der Waals surface area contributed by atoms with E-state index in [4.69, 9.17) is 73.4 Å². The van der Waals surface area contributed by atoms with Gasteiger partial charge < -0.3 is 86.6 Å². The van der Waals surface area contributed by atoms with E-state index in [0.29, 0.717) is 107 Å². The Bertz CT molecular complexity index is 6750. The molecule has 14 rings (SSSR count). The van der Waals surface area contributed by atoms with Crippen molar-refractivity contribution >= 4 is 144 Å². The number of esters is 4. The van der Waals surface area contributed by atoms with Gasteiger partial charge in [-0.2, -0.15) is 0 Å². The van der Waals surface area contributed by atoms with Gasteiger partial charge in [0, 0.05) is 56.9 Å². The first-order valence-electron chi connectivity index (χ1n) is 41.1. The van der Waals surface area contributed by atoms with Gasteiger partial charge in [-0.05, 0) is 280 Å². The fourth-order valence-electron chi connectivity index (χ4n) is 12.5. The van der Waals surface area contributed by atoms with Gasteiger partial charge >= 0.3 is 37.0 Å². The number of nitrogen functional groups attached to an aromatic ring is 4. The number of carboxylic acid groups (broad SMARTS) is 1. The van der Waals surface area contributed by atoms with Crippen LogP contribution in [0.2, 0.25) is 0 Å². The van der Waals surface area contributed by atoms with Crippen LogP contribution in [0.25, 0.3) is 44.5 Å². The Morgan fingerprint density at radius 1 is 0.329 bits per heavy atom. The number of ketones is 1. The molecule has 0 atom stereocenters. The molecule has 0 radical (unpaired) electrons. The average Bonchev–Trinajstić information content (AvgIpc) is 0.862. The molecule has 35 nitrogen and oxygen atoms in total. The second-order valence-electron chi connectivity index (χ2n) is 29.0. The third-order valence-electron chi connectivity index (χ3n) is 20.1. The number of aromatic carboxylic acids is 1. The highest BCUT2D eigenvalue weighted by Gasteiger charge is 2.22. The minimum absolute atomic E-state index is 0.0619. The molecule has 0 aliphatic heterocycles. The van der Waals surface area contributed by atoms with Crippen molar-refractivity contribution in [3.8, 4) is 67.5 Å². The van der Waals surface area contributed by atoms with Gasteiger partial charge in [-0.1, -0.05) is 88.7 Å². The minimum atomic E-state index is -1.51. The maximum atomic E-state index is 12.7. The van der Waals surface area contributed by atoms with Gasteiger partial charge in [0.15, 0.2) is 5.78 Å². The van der Waals surface area contributed by atoms with E-state index in [-0.39, 0.29) is 58.0 Å². The molecule has 14 aromatic carbocycles. The summed E-state index contributed by atoms with van der Waals surface area (Å²) < 4.78 is 39.4. The maximum absolute atomic E-state index is 12.7. The van der Waals surface area contributed by atoms with Gasteiger partial charge in [0.25, 0.3) is 34.1 Å². The molecule has 0 aliphatic carbocycles. The fraction of sp³-hybridized carbons (Fsp3) is 0.0882. The lowest BCUT2D eigenvalue weighted by molar-refractivity contribution is -0.385. The SMILES string of the molecule is COC(=O)c1ccc(-c2ccc(N)c(NC(=O)c3ccc(OC)cc3)c2)cc1.COC(=O)c1ccc(-c2ccc([N+](=O)[O-])c(CC(=O)c3ccc(OC)cc3)c2)cc1.COC(=O)c1ccc(-c2ccc([N+](=O)[O-])c(N)c2)cc1.COC(=O)c1ccc(B(O)O)cc1.COc1ccc(C(=O)Cl)cc1.COc1ccc(C(=O)Nc2cc(-c3ccc(C(=O)O)cc3)ccc2N)cc1.Nc1cc(Br)ccc1[N+](=O)[O-]. The zero-order chi connectivity index (χ0) is 102. The topological polar surface area (TPSA) is 546 Å². The van der Waals surface area contributed by atoms with Gasteiger partial charge in [-0.3, -0.25) is 49.5 Å². The zero-order valence-electron chi connectivity index (χ0n) is 75.9. The number of Topliss-reactive ketones (excluding diaryl/α,β-unsaturated/α-hetero) is 1. The number of benzene rings is 14. The summed E-state index contributed by atoms with van der Waals surface area (Å²) in [6, 6.07) is 83.7. The number of hydrogen-bond donors (Lipinski definition) is 9. The Labute approximate surface area is 814 Å². The lowest BCUT2D eigenvalue weighted by Gasteiger charge is -2.11. The number of nitrogens with two attached hydrogens (primary N) is 4. The molecule has 0 bridgehead atoms. The molecule has 38 heteroatoms. The standard InChI is InChI=1S/C23H19NO6.C22H20N2O4.C21H18N2O4.C14H12N2O4.C8H9BO4.C8H7ClO2.C6H5BrN2O2/c1-29-20-10-7-16(8-11-20)22(25)14-19-13-18(9-12-21(19)24(27)28)15-3-5-17(6-4-15)23(26)30-2;1-27-18-10-7-15(8-11-18)21(25)24-20-13-17(9-12-19(20)23)14-3-5-16(6-4-14)22(26)28-2;1-27-17-9-6-14(7-10-17)20(24)23-19-12-16(8-11-18(19)22)13-2-4-15(5-3-13)21(25)26;1-20-14(17)10-4-2-9(3-5-10)11-6-7-13(16(18)19)12(15)8-11;1-13-8(10)6-2-4-7(5-3-6)9(11)12;1-11-7-4-2-6(3-5-7)8(9)10;7-4-1-2-6(9(10)11)5(8)3-4/h3-13H,14H2,1-2H3;3-13H,23H2,1-2H3,(H,24,25);2-12H,22H2,1H3,(H,23,24)(H,25,26);2-8H,15H2,1H3;2-5,11-12H,1H3;2-5H,1H3;1-3H,8H2. The smallest absolute Gasteiger partial charge is 0.488 e. The van der Waals surface area contributed by atoms with E-state index < -0.39 is 57.0 Å². The lowest BCUT2D eigenvalue weighted by atomic mass is 9.80. The van der Waals surface area contributed by atoms with Crippen LogP contribution >= 0.6 is 27.5 Å². The number of carbonyl (C=O) groups excluding carboxylic acids is 8. The molecule has 0 unspecified atom stereocenters. The van der Waals surface area contributed by atoms with Crippen molar-refractivity contribution in [3.05, 3.63) is 400 Å². The predicted molar refractivity (Wildman–Crippen MR) is 534 cm³/mol. The molecule has 0 heterocycles. The number of hydrogen-bond acceptors (Lipinski definition) is 29. The molecule has 0 fully saturated rings. The number of nitro benzene ring substituents is 3. The summed E-state index contributed by atoms with van der Waals surface area (Å²) in [6.07, 6.45) is -0.114. The summed E-state index contributed by atoms with van der Waals surface area (Å²) in [7, 11) is 9.97. The third kappa shape index (κ3) is 31.3. The molecular weight excluding hydrogens is 1890 g/mol. The van der Waals surface area contributed by atoms with Gasteiger partial charge in [0.1, 0.15) is 34.4 Å². The molecule has 14 aromatic rings. The summed E-state index contributed by atoms with van der Waals surface area (Å²) in [5, 5.41) is 64.1. The van der Waals surface area contributed by atoms with E-state index >= 15 is 0 Å². The number of amides is 2. The third-order valence-corrected chi connectivity index (χ3v) is 20.8. The number of anilines is 6. The molecule has 0 saturated heterocycles. The van der Waals surface area contributed by atoms with Crippen molar-refractivity contribution in [1.29, 1.82) is 0 Å². The quantitative estimate of drug-likeness (QED) is 0.00375. The first-order valence-corrected chi connectivity index (χ1v) is 42.3. The monoisotopic (exact) mass is 1980 g/mol. The fourth-order valence-corrected chi connectivity index (χ4v) is 13.0. The number of nitrogens with zero attached hydrogens (tertiary/aromatic N) is 3. The van der Waals surface area contributed by atoms with Crippen LogP contribution in [-0.4, -0.2) is 147 Å². The van der Waals surface area contributed by atoms with E-state index in [1.54, 1.807) is 240 Å². The molecular formula is C102H90BBrClN9O26. The van der Waals surface area contributed by atoms with E-state index in [1.807, 2.05) is 24.3 Å². The van der Waals surface area contributed by atoms with Crippen molar-refractivity contribution in [1.82, 2.24) is 0 Å². The summed E-state index contributed by atoms with van der Waals surface area (Å²) in [4.78, 5) is 135. The number of ether oxygens (including phenoxy) is 8. The number of nitro groups is 3. The first-order chi connectivity index (χ1) is 66.9. The first kappa shape index (κ1) is 107. The number of rotatable bonds is 25. The van der Waals surface area contributed by atoms with Crippen LogP contribution in [0.15, 0.2) is 314 Å². The Morgan fingerprint density at radius 3 is 0.900 bits per heavy atom. The van der Waals surface area contributed by atoms with Crippen LogP contribution in [0.4, 0.5) is 51.2 Å². The Kier molecular flexibility index (Phi) is 40.4. The molecule has 716 valence electrons. The summed E-state index contributed by atoms with van der Waals surface area (Å²) >= 11 is 8.36.